The zero-order chi connectivity index (χ0) is 19.2. The standard InChI is InChI=1S/C21H24F2N2O2/c1-24-11-8-15-9-12-25(13-10-15)21(26)16-2-5-18(6-3-16)27-20-7-4-17(22)14-19(20)23/h2-7,14-15,24H,8-13H2,1H3. The van der Waals surface area contributed by atoms with Crippen LogP contribution in [0, 0.1) is 17.6 Å². The minimum atomic E-state index is -0.767. The van der Waals surface area contributed by atoms with E-state index in [1.807, 2.05) is 11.9 Å². The van der Waals surface area contributed by atoms with Gasteiger partial charge in [0, 0.05) is 24.7 Å². The molecule has 0 bridgehead atoms. The number of amides is 1. The number of nitrogens with zero attached hydrogens (tertiary/aromatic N) is 1. The number of carbonyl (C=O) groups is 1. The number of rotatable bonds is 6. The average molecular weight is 374 g/mol. The third kappa shape index (κ3) is 5.04. The molecule has 0 aromatic heterocycles. The van der Waals surface area contributed by atoms with Gasteiger partial charge in [0.1, 0.15) is 11.6 Å². The van der Waals surface area contributed by atoms with Crippen molar-refractivity contribution in [1.82, 2.24) is 10.2 Å². The van der Waals surface area contributed by atoms with Crippen LogP contribution < -0.4 is 10.1 Å². The van der Waals surface area contributed by atoms with E-state index in [1.165, 1.54) is 6.07 Å². The van der Waals surface area contributed by atoms with E-state index in [2.05, 4.69) is 5.32 Å². The van der Waals surface area contributed by atoms with Crippen molar-refractivity contribution in [2.45, 2.75) is 19.3 Å². The minimum Gasteiger partial charge on any atom is -0.454 e. The Balaban J connectivity index is 1.58. The molecule has 1 saturated heterocycles. The number of benzene rings is 2. The number of hydrogen-bond acceptors (Lipinski definition) is 3. The summed E-state index contributed by atoms with van der Waals surface area (Å²) in [5.41, 5.74) is 0.579. The fourth-order valence-corrected chi connectivity index (χ4v) is 3.31. The Morgan fingerprint density at radius 3 is 2.48 bits per heavy atom. The van der Waals surface area contributed by atoms with Crippen molar-refractivity contribution in [3.8, 4) is 11.5 Å². The number of nitrogens with one attached hydrogen (secondary N) is 1. The first-order chi connectivity index (χ1) is 13.1. The summed E-state index contributed by atoms with van der Waals surface area (Å²) < 4.78 is 32.0. The summed E-state index contributed by atoms with van der Waals surface area (Å²) in [5, 5.41) is 3.17. The Labute approximate surface area is 158 Å². The van der Waals surface area contributed by atoms with Crippen LogP contribution in [0.25, 0.3) is 0 Å². The average Bonchev–Trinajstić information content (AvgIpc) is 2.69. The van der Waals surface area contributed by atoms with Gasteiger partial charge in [-0.25, -0.2) is 8.78 Å². The normalized spacial score (nSPS) is 15.0. The van der Waals surface area contributed by atoms with Crippen molar-refractivity contribution in [3.63, 3.8) is 0 Å². The van der Waals surface area contributed by atoms with Crippen LogP contribution in [-0.2, 0) is 0 Å². The molecule has 27 heavy (non-hydrogen) atoms. The van der Waals surface area contributed by atoms with Gasteiger partial charge in [0.15, 0.2) is 11.6 Å². The molecular formula is C21H24F2N2O2. The third-order valence-electron chi connectivity index (χ3n) is 4.93. The summed E-state index contributed by atoms with van der Waals surface area (Å²) in [4.78, 5) is 14.5. The second-order valence-corrected chi connectivity index (χ2v) is 6.83. The topological polar surface area (TPSA) is 41.6 Å². The number of ether oxygens (including phenoxy) is 1. The number of carbonyl (C=O) groups excluding carboxylic acids is 1. The van der Waals surface area contributed by atoms with Gasteiger partial charge >= 0.3 is 0 Å². The Hall–Kier alpha value is -2.47. The monoisotopic (exact) mass is 374 g/mol. The van der Waals surface area contributed by atoms with E-state index in [0.717, 1.165) is 51.0 Å². The molecule has 0 spiro atoms. The number of likely N-dealkylation sites (tertiary alicyclic amines) is 1. The van der Waals surface area contributed by atoms with Crippen LogP contribution in [0.1, 0.15) is 29.6 Å². The van der Waals surface area contributed by atoms with Crippen LogP contribution >= 0.6 is 0 Å². The molecule has 4 nitrogen and oxygen atoms in total. The molecule has 144 valence electrons. The lowest BCUT2D eigenvalue weighted by atomic mass is 9.93. The van der Waals surface area contributed by atoms with Gasteiger partial charge in [0.05, 0.1) is 0 Å². The minimum absolute atomic E-state index is 0.00146. The fraction of sp³-hybridized carbons (Fsp3) is 0.381. The van der Waals surface area contributed by atoms with Crippen molar-refractivity contribution in [2.75, 3.05) is 26.7 Å². The molecule has 1 N–H and O–H groups in total. The second kappa shape index (κ2) is 8.95. The highest BCUT2D eigenvalue weighted by Crippen LogP contribution is 2.26. The van der Waals surface area contributed by atoms with Crippen molar-refractivity contribution in [3.05, 3.63) is 59.7 Å². The molecule has 2 aromatic carbocycles. The maximum atomic E-state index is 13.7. The van der Waals surface area contributed by atoms with Crippen LogP contribution in [0.3, 0.4) is 0 Å². The first-order valence-corrected chi connectivity index (χ1v) is 9.23. The van der Waals surface area contributed by atoms with Gasteiger partial charge in [-0.2, -0.15) is 0 Å². The molecule has 0 unspecified atom stereocenters. The first-order valence-electron chi connectivity index (χ1n) is 9.23. The summed E-state index contributed by atoms with van der Waals surface area (Å²) in [6, 6.07) is 9.73. The van der Waals surface area contributed by atoms with Gasteiger partial charge in [-0.05, 0) is 75.2 Å². The van der Waals surface area contributed by atoms with E-state index in [1.54, 1.807) is 24.3 Å². The highest BCUT2D eigenvalue weighted by molar-refractivity contribution is 5.94. The van der Waals surface area contributed by atoms with Gasteiger partial charge in [-0.1, -0.05) is 0 Å². The zero-order valence-electron chi connectivity index (χ0n) is 15.4. The Morgan fingerprint density at radius 1 is 1.15 bits per heavy atom. The Kier molecular flexibility index (Phi) is 6.40. The van der Waals surface area contributed by atoms with Crippen molar-refractivity contribution < 1.29 is 18.3 Å². The second-order valence-electron chi connectivity index (χ2n) is 6.83. The lowest BCUT2D eigenvalue weighted by Crippen LogP contribution is -2.38. The summed E-state index contributed by atoms with van der Waals surface area (Å²) in [6.07, 6.45) is 3.20. The maximum Gasteiger partial charge on any atom is 0.253 e. The summed E-state index contributed by atoms with van der Waals surface area (Å²) >= 11 is 0. The van der Waals surface area contributed by atoms with Crippen LogP contribution in [0.5, 0.6) is 11.5 Å². The van der Waals surface area contributed by atoms with Crippen molar-refractivity contribution >= 4 is 5.91 Å². The van der Waals surface area contributed by atoms with Gasteiger partial charge in [0.2, 0.25) is 0 Å². The molecule has 1 aliphatic rings. The zero-order valence-corrected chi connectivity index (χ0v) is 15.4. The Bertz CT molecular complexity index is 772. The predicted octanol–water partition coefficient (Wildman–Crippen LogP) is 4.22. The smallest absolute Gasteiger partial charge is 0.253 e. The first kappa shape index (κ1) is 19.3. The SMILES string of the molecule is CNCCC1CCN(C(=O)c2ccc(Oc3ccc(F)cc3F)cc2)CC1. The molecular weight excluding hydrogens is 350 g/mol. The molecule has 1 fully saturated rings. The van der Waals surface area contributed by atoms with E-state index in [9.17, 15) is 13.6 Å². The lowest BCUT2D eigenvalue weighted by Gasteiger charge is -2.32. The highest BCUT2D eigenvalue weighted by Gasteiger charge is 2.23. The summed E-state index contributed by atoms with van der Waals surface area (Å²) in [6.45, 7) is 2.55. The third-order valence-corrected chi connectivity index (χ3v) is 4.93. The molecule has 0 radical (unpaired) electrons. The molecule has 2 aromatic rings. The molecule has 3 rings (SSSR count). The van der Waals surface area contributed by atoms with Crippen LogP contribution in [0.4, 0.5) is 8.78 Å². The number of piperidine rings is 1. The molecule has 6 heteroatoms. The van der Waals surface area contributed by atoms with E-state index in [0.29, 0.717) is 17.2 Å². The number of halogens is 2. The number of hydrogen-bond donors (Lipinski definition) is 1. The van der Waals surface area contributed by atoms with Crippen molar-refractivity contribution in [1.29, 1.82) is 0 Å². The van der Waals surface area contributed by atoms with E-state index >= 15 is 0 Å². The summed E-state index contributed by atoms with van der Waals surface area (Å²) in [5.74, 6) is -0.418. The van der Waals surface area contributed by atoms with Crippen LogP contribution in [0.2, 0.25) is 0 Å². The van der Waals surface area contributed by atoms with Gasteiger partial charge < -0.3 is 15.0 Å². The van der Waals surface area contributed by atoms with Crippen molar-refractivity contribution in [2.24, 2.45) is 5.92 Å². The Morgan fingerprint density at radius 2 is 1.85 bits per heavy atom. The molecule has 0 aliphatic carbocycles. The predicted molar refractivity (Wildman–Crippen MR) is 100 cm³/mol. The quantitative estimate of drug-likeness (QED) is 0.823. The molecule has 0 atom stereocenters. The largest absolute Gasteiger partial charge is 0.454 e. The molecule has 0 saturated carbocycles. The van der Waals surface area contributed by atoms with Gasteiger partial charge in [-0.15, -0.1) is 0 Å². The van der Waals surface area contributed by atoms with Crippen LogP contribution in [0.15, 0.2) is 42.5 Å². The maximum absolute atomic E-state index is 13.7. The molecule has 1 heterocycles. The highest BCUT2D eigenvalue weighted by atomic mass is 19.1. The fourth-order valence-electron chi connectivity index (χ4n) is 3.31. The van der Waals surface area contributed by atoms with E-state index < -0.39 is 11.6 Å². The molecule has 1 amide bonds. The van der Waals surface area contributed by atoms with E-state index in [-0.39, 0.29) is 11.7 Å². The van der Waals surface area contributed by atoms with Gasteiger partial charge in [0.25, 0.3) is 5.91 Å². The van der Waals surface area contributed by atoms with E-state index in [4.69, 9.17) is 4.74 Å². The summed E-state index contributed by atoms with van der Waals surface area (Å²) in [7, 11) is 1.95. The van der Waals surface area contributed by atoms with Crippen LogP contribution in [-0.4, -0.2) is 37.5 Å². The lowest BCUT2D eigenvalue weighted by molar-refractivity contribution is 0.0687. The molecule has 1 aliphatic heterocycles. The van der Waals surface area contributed by atoms with Gasteiger partial charge in [-0.3, -0.25) is 4.79 Å².